The zero-order chi connectivity index (χ0) is 12.7. The number of hydrogen-bond donors (Lipinski definition) is 1. The summed E-state index contributed by atoms with van der Waals surface area (Å²) in [6, 6.07) is 5.71. The number of halogens is 1. The Morgan fingerprint density at radius 3 is 2.76 bits per heavy atom. The van der Waals surface area contributed by atoms with Crippen LogP contribution in [0.5, 0.6) is 5.75 Å². The first kappa shape index (κ1) is 14.3. The van der Waals surface area contributed by atoms with E-state index in [0.29, 0.717) is 0 Å². The van der Waals surface area contributed by atoms with E-state index in [9.17, 15) is 0 Å². The lowest BCUT2D eigenvalue weighted by molar-refractivity contribution is 0.311. The average molecular weight is 257 g/mol. The van der Waals surface area contributed by atoms with Crippen molar-refractivity contribution in [3.63, 3.8) is 0 Å². The molecule has 0 aliphatic carbocycles. The Balaban J connectivity index is 2.57. The van der Waals surface area contributed by atoms with Crippen molar-refractivity contribution < 1.29 is 4.74 Å². The SMILES string of the molecule is COc1ccc(Cl)cc1CN(C)CCCCN. The van der Waals surface area contributed by atoms with Gasteiger partial charge in [-0.05, 0) is 51.2 Å². The minimum atomic E-state index is 0.746. The Bertz CT molecular complexity index is 344. The van der Waals surface area contributed by atoms with Crippen molar-refractivity contribution >= 4 is 11.6 Å². The van der Waals surface area contributed by atoms with Crippen molar-refractivity contribution in [1.29, 1.82) is 0 Å². The van der Waals surface area contributed by atoms with Crippen LogP contribution in [0.3, 0.4) is 0 Å². The minimum Gasteiger partial charge on any atom is -0.496 e. The quantitative estimate of drug-likeness (QED) is 0.762. The van der Waals surface area contributed by atoms with Gasteiger partial charge in [0.1, 0.15) is 5.75 Å². The van der Waals surface area contributed by atoms with Crippen LogP contribution >= 0.6 is 11.6 Å². The van der Waals surface area contributed by atoms with E-state index >= 15 is 0 Å². The molecule has 0 bridgehead atoms. The Kier molecular flexibility index (Phi) is 6.34. The molecule has 96 valence electrons. The van der Waals surface area contributed by atoms with E-state index in [1.165, 1.54) is 0 Å². The van der Waals surface area contributed by atoms with Crippen LogP contribution in [0.25, 0.3) is 0 Å². The van der Waals surface area contributed by atoms with Gasteiger partial charge in [0.05, 0.1) is 7.11 Å². The Labute approximate surface area is 109 Å². The molecule has 0 aliphatic rings. The first-order valence-corrected chi connectivity index (χ1v) is 6.26. The standard InChI is InChI=1S/C13H21ClN2O/c1-16(8-4-3-7-15)10-11-9-12(14)5-6-13(11)17-2/h5-6,9H,3-4,7-8,10,15H2,1-2H3. The summed E-state index contributed by atoms with van der Waals surface area (Å²) in [4.78, 5) is 2.25. The van der Waals surface area contributed by atoms with Crippen LogP contribution < -0.4 is 10.5 Å². The van der Waals surface area contributed by atoms with Crippen molar-refractivity contribution in [2.75, 3.05) is 27.2 Å². The van der Waals surface area contributed by atoms with Crippen molar-refractivity contribution in [2.24, 2.45) is 5.73 Å². The predicted octanol–water partition coefficient (Wildman–Crippen LogP) is 2.52. The largest absolute Gasteiger partial charge is 0.496 e. The van der Waals surface area contributed by atoms with Gasteiger partial charge < -0.3 is 15.4 Å². The second kappa shape index (κ2) is 7.54. The molecule has 1 rings (SSSR count). The Hall–Kier alpha value is -0.770. The van der Waals surface area contributed by atoms with E-state index in [0.717, 1.165) is 48.8 Å². The maximum absolute atomic E-state index is 5.99. The molecular formula is C13H21ClN2O. The normalized spacial score (nSPS) is 10.9. The molecule has 3 nitrogen and oxygen atoms in total. The highest BCUT2D eigenvalue weighted by atomic mass is 35.5. The van der Waals surface area contributed by atoms with Gasteiger partial charge in [-0.15, -0.1) is 0 Å². The van der Waals surface area contributed by atoms with Crippen LogP contribution in [0.2, 0.25) is 5.02 Å². The summed E-state index contributed by atoms with van der Waals surface area (Å²) in [5.41, 5.74) is 6.60. The second-order valence-electron chi connectivity index (χ2n) is 4.19. The number of unbranched alkanes of at least 4 members (excludes halogenated alkanes) is 1. The molecule has 17 heavy (non-hydrogen) atoms. The summed E-state index contributed by atoms with van der Waals surface area (Å²) in [6.07, 6.45) is 2.19. The highest BCUT2D eigenvalue weighted by molar-refractivity contribution is 6.30. The summed E-state index contributed by atoms with van der Waals surface area (Å²) in [6.45, 7) is 2.63. The van der Waals surface area contributed by atoms with Crippen LogP contribution in [0, 0.1) is 0 Å². The topological polar surface area (TPSA) is 38.5 Å². The maximum Gasteiger partial charge on any atom is 0.123 e. The average Bonchev–Trinajstić information content (AvgIpc) is 2.29. The smallest absolute Gasteiger partial charge is 0.123 e. The van der Waals surface area contributed by atoms with E-state index in [1.54, 1.807) is 7.11 Å². The number of benzene rings is 1. The van der Waals surface area contributed by atoms with Gasteiger partial charge in [-0.25, -0.2) is 0 Å². The fraction of sp³-hybridized carbons (Fsp3) is 0.538. The van der Waals surface area contributed by atoms with Gasteiger partial charge in [0, 0.05) is 17.1 Å². The zero-order valence-corrected chi connectivity index (χ0v) is 11.3. The van der Waals surface area contributed by atoms with Crippen molar-refractivity contribution in [1.82, 2.24) is 4.90 Å². The molecule has 0 saturated carbocycles. The van der Waals surface area contributed by atoms with Gasteiger partial charge in [0.25, 0.3) is 0 Å². The lowest BCUT2D eigenvalue weighted by Crippen LogP contribution is -2.20. The van der Waals surface area contributed by atoms with Gasteiger partial charge in [-0.1, -0.05) is 11.6 Å². The summed E-state index contributed by atoms with van der Waals surface area (Å²) in [5, 5.41) is 0.746. The lowest BCUT2D eigenvalue weighted by atomic mass is 10.2. The van der Waals surface area contributed by atoms with Crippen LogP contribution in [-0.4, -0.2) is 32.1 Å². The first-order chi connectivity index (χ1) is 8.17. The third kappa shape index (κ3) is 4.94. The van der Waals surface area contributed by atoms with E-state index in [-0.39, 0.29) is 0 Å². The molecule has 1 aromatic carbocycles. The third-order valence-corrected chi connectivity index (χ3v) is 2.91. The Morgan fingerprint density at radius 2 is 2.12 bits per heavy atom. The predicted molar refractivity (Wildman–Crippen MR) is 72.6 cm³/mol. The fourth-order valence-corrected chi connectivity index (χ4v) is 1.96. The number of methoxy groups -OCH3 is 1. The molecule has 0 amide bonds. The molecule has 0 saturated heterocycles. The Morgan fingerprint density at radius 1 is 1.35 bits per heavy atom. The third-order valence-electron chi connectivity index (χ3n) is 2.68. The lowest BCUT2D eigenvalue weighted by Gasteiger charge is -2.18. The number of rotatable bonds is 7. The van der Waals surface area contributed by atoms with Crippen molar-refractivity contribution in [3.8, 4) is 5.75 Å². The van der Waals surface area contributed by atoms with Gasteiger partial charge in [0.15, 0.2) is 0 Å². The summed E-state index contributed by atoms with van der Waals surface area (Å²) < 4.78 is 5.32. The molecule has 0 unspecified atom stereocenters. The highest BCUT2D eigenvalue weighted by Crippen LogP contribution is 2.23. The maximum atomic E-state index is 5.99. The highest BCUT2D eigenvalue weighted by Gasteiger charge is 2.06. The van der Waals surface area contributed by atoms with Gasteiger partial charge in [-0.3, -0.25) is 0 Å². The van der Waals surface area contributed by atoms with E-state index in [2.05, 4.69) is 11.9 Å². The van der Waals surface area contributed by atoms with E-state index in [1.807, 2.05) is 18.2 Å². The van der Waals surface area contributed by atoms with Gasteiger partial charge in [0.2, 0.25) is 0 Å². The fourth-order valence-electron chi connectivity index (χ4n) is 1.77. The van der Waals surface area contributed by atoms with Crippen molar-refractivity contribution in [3.05, 3.63) is 28.8 Å². The summed E-state index contributed by atoms with van der Waals surface area (Å²) in [7, 11) is 3.78. The van der Waals surface area contributed by atoms with Crippen LogP contribution in [-0.2, 0) is 6.54 Å². The van der Waals surface area contributed by atoms with Crippen LogP contribution in [0.1, 0.15) is 18.4 Å². The molecule has 0 atom stereocenters. The molecule has 1 aromatic rings. The molecular weight excluding hydrogens is 236 g/mol. The monoisotopic (exact) mass is 256 g/mol. The van der Waals surface area contributed by atoms with Crippen LogP contribution in [0.4, 0.5) is 0 Å². The molecule has 0 spiro atoms. The minimum absolute atomic E-state index is 0.746. The van der Waals surface area contributed by atoms with Gasteiger partial charge >= 0.3 is 0 Å². The number of hydrogen-bond acceptors (Lipinski definition) is 3. The molecule has 0 aromatic heterocycles. The molecule has 0 heterocycles. The summed E-state index contributed by atoms with van der Waals surface area (Å²) >= 11 is 5.99. The van der Waals surface area contributed by atoms with E-state index in [4.69, 9.17) is 22.1 Å². The summed E-state index contributed by atoms with van der Waals surface area (Å²) in [5.74, 6) is 0.889. The molecule has 0 radical (unpaired) electrons. The van der Waals surface area contributed by atoms with Crippen LogP contribution in [0.15, 0.2) is 18.2 Å². The number of nitrogens with two attached hydrogens (primary N) is 1. The molecule has 0 fully saturated rings. The molecule has 0 aliphatic heterocycles. The first-order valence-electron chi connectivity index (χ1n) is 5.88. The second-order valence-corrected chi connectivity index (χ2v) is 4.63. The number of nitrogens with zero attached hydrogens (tertiary/aromatic N) is 1. The number of ether oxygens (including phenoxy) is 1. The zero-order valence-electron chi connectivity index (χ0n) is 10.6. The van der Waals surface area contributed by atoms with Crippen molar-refractivity contribution in [2.45, 2.75) is 19.4 Å². The molecule has 4 heteroatoms. The molecule has 2 N–H and O–H groups in total. The van der Waals surface area contributed by atoms with Gasteiger partial charge in [-0.2, -0.15) is 0 Å². The van der Waals surface area contributed by atoms with E-state index < -0.39 is 0 Å².